The van der Waals surface area contributed by atoms with E-state index in [4.69, 9.17) is 0 Å². The lowest BCUT2D eigenvalue weighted by Crippen LogP contribution is -2.29. The van der Waals surface area contributed by atoms with Crippen molar-refractivity contribution < 1.29 is 4.79 Å². The molecular weight excluding hydrogens is 246 g/mol. The summed E-state index contributed by atoms with van der Waals surface area (Å²) in [6.45, 7) is 2.81. The summed E-state index contributed by atoms with van der Waals surface area (Å²) in [6, 6.07) is 13.1. The molecule has 0 heterocycles. The van der Waals surface area contributed by atoms with Crippen molar-refractivity contribution in [3.8, 4) is 0 Å². The van der Waals surface area contributed by atoms with Crippen molar-refractivity contribution in [1.82, 2.24) is 5.32 Å². The average Bonchev–Trinajstić information content (AvgIpc) is 2.47. The molecule has 2 aromatic carbocycles. The van der Waals surface area contributed by atoms with Crippen LogP contribution < -0.4 is 5.32 Å². The highest BCUT2D eigenvalue weighted by Crippen LogP contribution is 2.36. The van der Waals surface area contributed by atoms with Crippen molar-refractivity contribution in [2.24, 2.45) is 0 Å². The Hall–Kier alpha value is -1.83. The number of hydrogen-bond donors (Lipinski definition) is 1. The minimum Gasteiger partial charge on any atom is -0.355 e. The fourth-order valence-electron chi connectivity index (χ4n) is 3.25. The molecule has 1 atom stereocenters. The molecule has 1 N–H and O–H groups in total. The topological polar surface area (TPSA) is 29.1 Å². The zero-order valence-corrected chi connectivity index (χ0v) is 12.0. The van der Waals surface area contributed by atoms with E-state index in [2.05, 4.69) is 41.7 Å². The van der Waals surface area contributed by atoms with Crippen LogP contribution in [0.5, 0.6) is 0 Å². The second-order valence-electron chi connectivity index (χ2n) is 5.65. The summed E-state index contributed by atoms with van der Waals surface area (Å²) >= 11 is 0. The van der Waals surface area contributed by atoms with Gasteiger partial charge in [0.15, 0.2) is 0 Å². The number of nitrogens with one attached hydrogen (secondary N) is 1. The summed E-state index contributed by atoms with van der Waals surface area (Å²) in [5, 5.41) is 5.82. The van der Waals surface area contributed by atoms with Crippen LogP contribution in [0.1, 0.15) is 43.2 Å². The lowest BCUT2D eigenvalue weighted by molar-refractivity contribution is -0.121. The average molecular weight is 267 g/mol. The molecule has 1 aliphatic rings. The van der Waals surface area contributed by atoms with Gasteiger partial charge in [0.2, 0.25) is 5.91 Å². The summed E-state index contributed by atoms with van der Waals surface area (Å²) in [4.78, 5) is 11.7. The Balaban J connectivity index is 1.86. The van der Waals surface area contributed by atoms with E-state index in [0.717, 1.165) is 25.8 Å². The van der Waals surface area contributed by atoms with Crippen molar-refractivity contribution in [2.45, 2.75) is 38.5 Å². The van der Waals surface area contributed by atoms with Gasteiger partial charge in [0, 0.05) is 18.9 Å². The van der Waals surface area contributed by atoms with Crippen LogP contribution >= 0.6 is 0 Å². The Kier molecular flexibility index (Phi) is 3.72. The zero-order chi connectivity index (χ0) is 13.9. The fourth-order valence-corrected chi connectivity index (χ4v) is 3.25. The first-order valence-electron chi connectivity index (χ1n) is 7.57. The molecule has 0 aliphatic heterocycles. The Bertz CT molecular complexity index is 627. The molecule has 3 rings (SSSR count). The third-order valence-electron chi connectivity index (χ3n) is 4.25. The van der Waals surface area contributed by atoms with E-state index in [-0.39, 0.29) is 5.91 Å². The van der Waals surface area contributed by atoms with Crippen LogP contribution in [0.3, 0.4) is 0 Å². The summed E-state index contributed by atoms with van der Waals surface area (Å²) in [5.74, 6) is 0.632. The highest BCUT2D eigenvalue weighted by Gasteiger charge is 2.21. The molecular formula is C18H21NO. The molecule has 0 bridgehead atoms. The highest BCUT2D eigenvalue weighted by atomic mass is 16.1. The molecule has 0 unspecified atom stereocenters. The van der Waals surface area contributed by atoms with Gasteiger partial charge in [-0.15, -0.1) is 0 Å². The second kappa shape index (κ2) is 5.66. The molecule has 2 aromatic rings. The van der Waals surface area contributed by atoms with Crippen LogP contribution in [0.4, 0.5) is 0 Å². The minimum absolute atomic E-state index is 0.179. The third kappa shape index (κ3) is 2.43. The van der Waals surface area contributed by atoms with Crippen LogP contribution in [-0.4, -0.2) is 12.5 Å². The van der Waals surface area contributed by atoms with Crippen molar-refractivity contribution in [2.75, 3.05) is 6.54 Å². The summed E-state index contributed by atoms with van der Waals surface area (Å²) < 4.78 is 0. The number of amides is 1. The van der Waals surface area contributed by atoms with Gasteiger partial charge < -0.3 is 5.32 Å². The predicted molar refractivity (Wildman–Crippen MR) is 82.9 cm³/mol. The number of aryl methyl sites for hydroxylation is 1. The molecule has 0 spiro atoms. The molecule has 2 heteroatoms. The number of carbonyl (C=O) groups is 1. The molecule has 104 valence electrons. The normalized spacial score (nSPS) is 17.1. The van der Waals surface area contributed by atoms with Gasteiger partial charge >= 0.3 is 0 Å². The standard InChI is InChI=1S/C18H21NO/c1-2-5-17(20)19-12-15-11-10-14-7-3-6-13-8-4-9-16(15)18(13)14/h3-4,6-9,15H,2,5,10-12H2,1H3,(H,19,20)/t15-/m1/s1. The van der Waals surface area contributed by atoms with Crippen LogP contribution in [0.25, 0.3) is 10.8 Å². The van der Waals surface area contributed by atoms with Crippen LogP contribution in [0, 0.1) is 0 Å². The quantitative estimate of drug-likeness (QED) is 0.897. The SMILES string of the molecule is CCCC(=O)NC[C@H]1CCc2cccc3cccc1c23. The molecule has 20 heavy (non-hydrogen) atoms. The van der Waals surface area contributed by atoms with Crippen LogP contribution in [-0.2, 0) is 11.2 Å². The maximum absolute atomic E-state index is 11.7. The zero-order valence-electron chi connectivity index (χ0n) is 12.0. The van der Waals surface area contributed by atoms with Gasteiger partial charge in [-0.2, -0.15) is 0 Å². The number of rotatable bonds is 4. The van der Waals surface area contributed by atoms with Gasteiger partial charge in [0.25, 0.3) is 0 Å². The number of hydrogen-bond acceptors (Lipinski definition) is 1. The van der Waals surface area contributed by atoms with Crippen LogP contribution in [0.15, 0.2) is 36.4 Å². The Morgan fingerprint density at radius 2 is 2.05 bits per heavy atom. The lowest BCUT2D eigenvalue weighted by atomic mass is 9.81. The van der Waals surface area contributed by atoms with Crippen LogP contribution in [0.2, 0.25) is 0 Å². The van der Waals surface area contributed by atoms with Gasteiger partial charge in [-0.1, -0.05) is 43.3 Å². The van der Waals surface area contributed by atoms with Gasteiger partial charge in [-0.05, 0) is 41.2 Å². The number of carbonyl (C=O) groups excluding carboxylic acids is 1. The van der Waals surface area contributed by atoms with Gasteiger partial charge in [-0.25, -0.2) is 0 Å². The maximum atomic E-state index is 11.7. The molecule has 0 fully saturated rings. The molecule has 0 radical (unpaired) electrons. The van der Waals surface area contributed by atoms with Gasteiger partial charge in [0.1, 0.15) is 0 Å². The van der Waals surface area contributed by atoms with E-state index in [1.54, 1.807) is 0 Å². The molecule has 1 amide bonds. The Labute approximate surface area is 120 Å². The highest BCUT2D eigenvalue weighted by molar-refractivity contribution is 5.90. The first-order valence-corrected chi connectivity index (χ1v) is 7.57. The molecule has 1 aliphatic carbocycles. The van der Waals surface area contributed by atoms with E-state index < -0.39 is 0 Å². The van der Waals surface area contributed by atoms with E-state index in [1.165, 1.54) is 21.9 Å². The second-order valence-corrected chi connectivity index (χ2v) is 5.65. The Morgan fingerprint density at radius 1 is 1.25 bits per heavy atom. The Morgan fingerprint density at radius 3 is 2.85 bits per heavy atom. The minimum atomic E-state index is 0.179. The van der Waals surface area contributed by atoms with E-state index in [1.807, 2.05) is 6.92 Å². The van der Waals surface area contributed by atoms with Gasteiger partial charge in [-0.3, -0.25) is 4.79 Å². The molecule has 2 nitrogen and oxygen atoms in total. The van der Waals surface area contributed by atoms with Crippen molar-refractivity contribution in [3.05, 3.63) is 47.5 Å². The maximum Gasteiger partial charge on any atom is 0.220 e. The smallest absolute Gasteiger partial charge is 0.220 e. The third-order valence-corrected chi connectivity index (χ3v) is 4.25. The number of benzene rings is 2. The summed E-state index contributed by atoms with van der Waals surface area (Å²) in [6.07, 6.45) is 3.79. The predicted octanol–water partition coefficient (Wildman–Crippen LogP) is 3.79. The van der Waals surface area contributed by atoms with Crippen molar-refractivity contribution in [1.29, 1.82) is 0 Å². The molecule has 0 saturated carbocycles. The monoisotopic (exact) mass is 267 g/mol. The fraction of sp³-hybridized carbons (Fsp3) is 0.389. The van der Waals surface area contributed by atoms with E-state index in [0.29, 0.717) is 12.3 Å². The van der Waals surface area contributed by atoms with E-state index >= 15 is 0 Å². The van der Waals surface area contributed by atoms with Gasteiger partial charge in [0.05, 0.1) is 0 Å². The van der Waals surface area contributed by atoms with Crippen molar-refractivity contribution in [3.63, 3.8) is 0 Å². The van der Waals surface area contributed by atoms with Crippen molar-refractivity contribution >= 4 is 16.7 Å². The summed E-state index contributed by atoms with van der Waals surface area (Å²) in [7, 11) is 0. The first kappa shape index (κ1) is 13.2. The largest absolute Gasteiger partial charge is 0.355 e. The molecule has 0 saturated heterocycles. The molecule has 0 aromatic heterocycles. The first-order chi connectivity index (χ1) is 9.79. The summed E-state index contributed by atoms with van der Waals surface area (Å²) in [5.41, 5.74) is 2.86. The van der Waals surface area contributed by atoms with E-state index in [9.17, 15) is 4.79 Å². The lowest BCUT2D eigenvalue weighted by Gasteiger charge is -2.26.